The number of nitrogens with zero attached hydrogens (tertiary/aromatic N) is 1. The van der Waals surface area contributed by atoms with Gasteiger partial charge in [-0.25, -0.2) is 0 Å². The summed E-state index contributed by atoms with van der Waals surface area (Å²) in [6.45, 7) is 6.67. The first-order valence-electron chi connectivity index (χ1n) is 8.99. The Kier molecular flexibility index (Phi) is 4.19. The number of aliphatic hydroxyl groups excluding tert-OH is 2. The van der Waals surface area contributed by atoms with Gasteiger partial charge in [0.2, 0.25) is 0 Å². The number of aliphatic hydroxyl groups is 2. The molecule has 1 unspecified atom stereocenters. The second-order valence-corrected chi connectivity index (χ2v) is 8.32. The van der Waals surface area contributed by atoms with Crippen molar-refractivity contribution in [1.29, 1.82) is 5.26 Å². The summed E-state index contributed by atoms with van der Waals surface area (Å²) in [5, 5.41) is 30.4. The van der Waals surface area contributed by atoms with E-state index < -0.39 is 6.10 Å². The van der Waals surface area contributed by atoms with Gasteiger partial charge in [-0.2, -0.15) is 5.26 Å². The quantitative estimate of drug-likeness (QED) is 0.763. The molecule has 3 nitrogen and oxygen atoms in total. The lowest BCUT2D eigenvalue weighted by molar-refractivity contribution is -0.0248. The molecule has 0 aromatic rings. The second kappa shape index (κ2) is 5.76. The number of hydrogen-bond donors (Lipinski definition) is 2. The van der Waals surface area contributed by atoms with Crippen LogP contribution in [0.2, 0.25) is 0 Å². The van der Waals surface area contributed by atoms with Crippen LogP contribution in [0.15, 0.2) is 22.8 Å². The van der Waals surface area contributed by atoms with Crippen molar-refractivity contribution in [2.45, 2.75) is 65.4 Å². The molecule has 0 heterocycles. The fourth-order valence-electron chi connectivity index (χ4n) is 5.26. The lowest BCUT2D eigenvalue weighted by atomic mass is 9.54. The van der Waals surface area contributed by atoms with Crippen LogP contribution in [0, 0.1) is 34.0 Å². The molecule has 3 aliphatic carbocycles. The molecule has 1 fully saturated rings. The highest BCUT2D eigenvalue weighted by molar-refractivity contribution is 5.41. The molecule has 0 radical (unpaired) electrons. The minimum absolute atomic E-state index is 0.0271. The molecular weight excluding hydrogens is 286 g/mol. The fraction of sp³-hybridized carbons (Fsp3) is 0.750. The van der Waals surface area contributed by atoms with Crippen LogP contribution in [0.1, 0.15) is 59.3 Å². The highest BCUT2D eigenvalue weighted by Crippen LogP contribution is 2.63. The van der Waals surface area contributed by atoms with E-state index in [9.17, 15) is 15.5 Å². The maximum atomic E-state index is 10.9. The number of hydrogen-bond acceptors (Lipinski definition) is 3. The summed E-state index contributed by atoms with van der Waals surface area (Å²) < 4.78 is 0. The van der Waals surface area contributed by atoms with Crippen LogP contribution in [0.25, 0.3) is 0 Å². The monoisotopic (exact) mass is 315 g/mol. The van der Waals surface area contributed by atoms with Crippen molar-refractivity contribution >= 4 is 0 Å². The minimum Gasteiger partial charge on any atom is -0.392 e. The lowest BCUT2D eigenvalue weighted by Crippen LogP contribution is -2.47. The Bertz CT molecular complexity index is 597. The Hall–Kier alpha value is -1.11. The lowest BCUT2D eigenvalue weighted by Gasteiger charge is -2.50. The second-order valence-electron chi connectivity index (χ2n) is 8.32. The average Bonchev–Trinajstić information content (AvgIpc) is 2.87. The van der Waals surface area contributed by atoms with Gasteiger partial charge in [0.25, 0.3) is 0 Å². The third-order valence-corrected chi connectivity index (χ3v) is 6.89. The van der Waals surface area contributed by atoms with Crippen LogP contribution in [0.5, 0.6) is 0 Å². The maximum absolute atomic E-state index is 10.9. The molecule has 0 amide bonds. The predicted molar refractivity (Wildman–Crippen MR) is 90.4 cm³/mol. The summed E-state index contributed by atoms with van der Waals surface area (Å²) in [4.78, 5) is 0. The highest BCUT2D eigenvalue weighted by Gasteiger charge is 2.56. The highest BCUT2D eigenvalue weighted by atomic mass is 16.3. The van der Waals surface area contributed by atoms with Gasteiger partial charge in [-0.05, 0) is 61.5 Å². The number of rotatable bonds is 2. The van der Waals surface area contributed by atoms with Gasteiger partial charge in [-0.3, -0.25) is 0 Å². The first-order chi connectivity index (χ1) is 10.9. The Morgan fingerprint density at radius 2 is 2.09 bits per heavy atom. The van der Waals surface area contributed by atoms with Crippen molar-refractivity contribution in [3.63, 3.8) is 0 Å². The molecular formula is C20H29NO2. The molecule has 4 atom stereocenters. The van der Waals surface area contributed by atoms with Gasteiger partial charge >= 0.3 is 0 Å². The van der Waals surface area contributed by atoms with E-state index in [0.717, 1.165) is 37.7 Å². The molecule has 0 bridgehead atoms. The Morgan fingerprint density at radius 1 is 1.35 bits per heavy atom. The van der Waals surface area contributed by atoms with Crippen molar-refractivity contribution < 1.29 is 10.2 Å². The summed E-state index contributed by atoms with van der Waals surface area (Å²) >= 11 is 0. The van der Waals surface area contributed by atoms with Gasteiger partial charge < -0.3 is 10.2 Å². The standard InChI is InChI=1S/C20H29NO2/c1-13(2)15-6-7-20(12-21)9-8-19(3)16(18(15)20)5-4-14(11-22)10-17(19)23/h4,13,16-17,22-23H,5-11H2,1-3H3/t16-,17?,19-,20-/m1/s1. The van der Waals surface area contributed by atoms with E-state index in [1.54, 1.807) is 0 Å². The SMILES string of the molecule is CC(C)C1=C2[C@H]3CC=C(CO)CC(O)[C@]3(C)CC[C@@]2(C#N)CC1. The molecule has 3 rings (SSSR count). The summed E-state index contributed by atoms with van der Waals surface area (Å²) in [6, 6.07) is 2.67. The zero-order valence-corrected chi connectivity index (χ0v) is 14.6. The van der Waals surface area contributed by atoms with Crippen LogP contribution in [0.3, 0.4) is 0 Å². The van der Waals surface area contributed by atoms with Crippen molar-refractivity contribution in [3.8, 4) is 6.07 Å². The van der Waals surface area contributed by atoms with E-state index in [-0.39, 0.29) is 23.4 Å². The Labute approximate surface area is 139 Å². The summed E-state index contributed by atoms with van der Waals surface area (Å²) in [5.74, 6) is 0.694. The molecule has 0 aliphatic heterocycles. The molecule has 0 spiro atoms. The zero-order valence-electron chi connectivity index (χ0n) is 14.6. The number of fused-ring (bicyclic) bond motifs is 3. The summed E-state index contributed by atoms with van der Waals surface area (Å²) in [7, 11) is 0. The topological polar surface area (TPSA) is 64.2 Å². The van der Waals surface area contributed by atoms with E-state index in [1.807, 2.05) is 0 Å². The van der Waals surface area contributed by atoms with Crippen molar-refractivity contribution in [2.24, 2.45) is 22.7 Å². The van der Waals surface area contributed by atoms with E-state index in [4.69, 9.17) is 0 Å². The van der Waals surface area contributed by atoms with E-state index in [0.29, 0.717) is 12.3 Å². The zero-order chi connectivity index (χ0) is 16.8. The van der Waals surface area contributed by atoms with Gasteiger partial charge in [-0.1, -0.05) is 32.4 Å². The van der Waals surface area contributed by atoms with Crippen LogP contribution >= 0.6 is 0 Å². The molecule has 23 heavy (non-hydrogen) atoms. The van der Waals surface area contributed by atoms with Crippen LogP contribution in [-0.2, 0) is 0 Å². The Balaban J connectivity index is 2.13. The van der Waals surface area contributed by atoms with Gasteiger partial charge in [0, 0.05) is 5.41 Å². The molecule has 2 N–H and O–H groups in total. The van der Waals surface area contributed by atoms with Crippen molar-refractivity contribution in [3.05, 3.63) is 22.8 Å². The van der Waals surface area contributed by atoms with Gasteiger partial charge in [0.1, 0.15) is 0 Å². The van der Waals surface area contributed by atoms with Gasteiger partial charge in [0.15, 0.2) is 0 Å². The van der Waals surface area contributed by atoms with E-state index in [2.05, 4.69) is 32.9 Å². The van der Waals surface area contributed by atoms with E-state index >= 15 is 0 Å². The molecule has 1 saturated carbocycles. The summed E-state index contributed by atoms with van der Waals surface area (Å²) in [5.41, 5.74) is 3.25. The van der Waals surface area contributed by atoms with Crippen molar-refractivity contribution in [2.75, 3.05) is 6.61 Å². The summed E-state index contributed by atoms with van der Waals surface area (Å²) in [6.07, 6.45) is 6.83. The molecule has 3 aliphatic rings. The van der Waals surface area contributed by atoms with Crippen LogP contribution in [0.4, 0.5) is 0 Å². The maximum Gasteiger partial charge on any atom is 0.0791 e. The van der Waals surface area contributed by atoms with Crippen molar-refractivity contribution in [1.82, 2.24) is 0 Å². The third kappa shape index (κ3) is 2.39. The van der Waals surface area contributed by atoms with Crippen LogP contribution in [-0.4, -0.2) is 22.9 Å². The first-order valence-corrected chi connectivity index (χ1v) is 8.99. The predicted octanol–water partition coefficient (Wildman–Crippen LogP) is 3.73. The van der Waals surface area contributed by atoms with Gasteiger partial charge in [-0.15, -0.1) is 0 Å². The molecule has 3 heteroatoms. The number of nitriles is 1. The van der Waals surface area contributed by atoms with Gasteiger partial charge in [0.05, 0.1) is 24.2 Å². The third-order valence-electron chi connectivity index (χ3n) is 6.89. The van der Waals surface area contributed by atoms with Crippen LogP contribution < -0.4 is 0 Å². The molecule has 0 aromatic heterocycles. The molecule has 0 saturated heterocycles. The average molecular weight is 315 g/mol. The first kappa shape index (κ1) is 16.7. The van der Waals surface area contributed by atoms with E-state index in [1.165, 1.54) is 11.1 Å². The Morgan fingerprint density at radius 3 is 2.70 bits per heavy atom. The fourth-order valence-corrected chi connectivity index (χ4v) is 5.26. The molecule has 0 aromatic carbocycles. The number of allylic oxidation sites excluding steroid dienone is 3. The minimum atomic E-state index is -0.438. The normalized spacial score (nSPS) is 40.3. The molecule has 126 valence electrons. The largest absolute Gasteiger partial charge is 0.392 e. The smallest absolute Gasteiger partial charge is 0.0791 e.